The number of carboxylic acid groups (broad SMARTS) is 1. The number of nitrogens with one attached hydrogen (secondary N) is 1. The molecule has 3 N–H and O–H groups in total. The molecule has 0 aromatic carbocycles. The molecular formula is C13H21NO3S. The van der Waals surface area contributed by atoms with Gasteiger partial charge in [0, 0.05) is 21.8 Å². The highest BCUT2D eigenvalue weighted by Crippen LogP contribution is 2.20. The Labute approximate surface area is 112 Å². The van der Waals surface area contributed by atoms with Crippen LogP contribution >= 0.6 is 11.3 Å². The molecule has 0 amide bonds. The molecule has 0 saturated carbocycles. The van der Waals surface area contributed by atoms with Gasteiger partial charge in [-0.25, -0.2) is 0 Å². The van der Waals surface area contributed by atoms with Gasteiger partial charge in [-0.1, -0.05) is 13.8 Å². The molecule has 1 aromatic heterocycles. The van der Waals surface area contributed by atoms with E-state index in [9.17, 15) is 9.90 Å². The fraction of sp³-hybridized carbons (Fsp3) is 0.615. The van der Waals surface area contributed by atoms with Crippen LogP contribution in [0.2, 0.25) is 0 Å². The third-order valence-corrected chi connectivity index (χ3v) is 4.42. The maximum atomic E-state index is 10.6. The van der Waals surface area contributed by atoms with Gasteiger partial charge >= 0.3 is 5.97 Å². The lowest BCUT2D eigenvalue weighted by Crippen LogP contribution is -2.46. The van der Waals surface area contributed by atoms with E-state index in [2.05, 4.69) is 19.2 Å². The van der Waals surface area contributed by atoms with Crippen LogP contribution in [0.1, 0.15) is 36.4 Å². The van der Waals surface area contributed by atoms with Gasteiger partial charge in [-0.3, -0.25) is 4.79 Å². The Morgan fingerprint density at radius 2 is 1.94 bits per heavy atom. The van der Waals surface area contributed by atoms with Gasteiger partial charge in [0.15, 0.2) is 0 Å². The summed E-state index contributed by atoms with van der Waals surface area (Å²) in [5.74, 6) is -0.803. The predicted octanol–water partition coefficient (Wildman–Crippen LogP) is 2.02. The second-order valence-corrected chi connectivity index (χ2v) is 5.69. The molecule has 0 fully saturated rings. The minimum absolute atomic E-state index is 0.0807. The summed E-state index contributed by atoms with van der Waals surface area (Å²) in [7, 11) is 0. The summed E-state index contributed by atoms with van der Waals surface area (Å²) in [6.45, 7) is 4.90. The Hall–Kier alpha value is -0.910. The Morgan fingerprint density at radius 3 is 2.44 bits per heavy atom. The fourth-order valence-corrected chi connectivity index (χ4v) is 2.76. The van der Waals surface area contributed by atoms with Crippen LogP contribution in [0.15, 0.2) is 12.1 Å². The Balaban J connectivity index is 2.57. The van der Waals surface area contributed by atoms with Gasteiger partial charge in [0.2, 0.25) is 0 Å². The smallest absolute Gasteiger partial charge is 0.308 e. The van der Waals surface area contributed by atoms with Crippen LogP contribution in [0.5, 0.6) is 0 Å². The van der Waals surface area contributed by atoms with E-state index >= 15 is 0 Å². The number of hydrogen-bond acceptors (Lipinski definition) is 4. The molecule has 0 radical (unpaired) electrons. The predicted molar refractivity (Wildman–Crippen MR) is 72.9 cm³/mol. The van der Waals surface area contributed by atoms with Crippen molar-refractivity contribution in [1.82, 2.24) is 5.32 Å². The van der Waals surface area contributed by atoms with Gasteiger partial charge < -0.3 is 15.5 Å². The quantitative estimate of drug-likeness (QED) is 0.676. The molecule has 1 rings (SSSR count). The summed E-state index contributed by atoms with van der Waals surface area (Å²) < 4.78 is 0. The first-order chi connectivity index (χ1) is 8.55. The van der Waals surface area contributed by atoms with Crippen molar-refractivity contribution >= 4 is 17.3 Å². The zero-order chi connectivity index (χ0) is 13.6. The first-order valence-electron chi connectivity index (χ1n) is 6.20. The summed E-state index contributed by atoms with van der Waals surface area (Å²) in [4.78, 5) is 12.6. The second kappa shape index (κ2) is 6.87. The number of hydrogen-bond donors (Lipinski definition) is 3. The Morgan fingerprint density at radius 1 is 1.33 bits per heavy atom. The van der Waals surface area contributed by atoms with Gasteiger partial charge in [-0.2, -0.15) is 0 Å². The summed E-state index contributed by atoms with van der Waals surface area (Å²) in [6.07, 6.45) is 1.82. The van der Waals surface area contributed by atoms with E-state index in [0.717, 1.165) is 22.6 Å². The Bertz CT molecular complexity index is 377. The van der Waals surface area contributed by atoms with E-state index in [-0.39, 0.29) is 18.6 Å². The molecule has 0 aliphatic rings. The number of carboxylic acids is 1. The minimum atomic E-state index is -0.803. The van der Waals surface area contributed by atoms with Crippen molar-refractivity contribution in [3.05, 3.63) is 21.9 Å². The lowest BCUT2D eigenvalue weighted by molar-refractivity contribution is -0.136. The van der Waals surface area contributed by atoms with Crippen molar-refractivity contribution in [1.29, 1.82) is 0 Å². The van der Waals surface area contributed by atoms with Crippen LogP contribution in [-0.2, 0) is 17.8 Å². The van der Waals surface area contributed by atoms with E-state index < -0.39 is 5.97 Å². The maximum absolute atomic E-state index is 10.6. The number of carbonyl (C=O) groups is 1. The Kier molecular flexibility index (Phi) is 5.78. The van der Waals surface area contributed by atoms with Crippen molar-refractivity contribution in [2.24, 2.45) is 0 Å². The van der Waals surface area contributed by atoms with Crippen LogP contribution in [-0.4, -0.2) is 28.3 Å². The number of aliphatic hydroxyl groups is 1. The van der Waals surface area contributed by atoms with Crippen molar-refractivity contribution in [2.75, 3.05) is 6.61 Å². The molecule has 0 bridgehead atoms. The number of rotatable bonds is 8. The van der Waals surface area contributed by atoms with E-state index in [0.29, 0.717) is 6.54 Å². The molecule has 18 heavy (non-hydrogen) atoms. The van der Waals surface area contributed by atoms with E-state index in [1.54, 1.807) is 0 Å². The molecule has 0 unspecified atom stereocenters. The standard InChI is InChI=1S/C13H21NO3S/c1-3-13(4-2,9-15)14-8-11-6-5-10(18-11)7-12(16)17/h5-6,14-15H,3-4,7-9H2,1-2H3,(H,16,17). The third-order valence-electron chi connectivity index (χ3n) is 3.34. The molecule has 0 aliphatic heterocycles. The zero-order valence-electron chi connectivity index (χ0n) is 10.9. The average molecular weight is 271 g/mol. The van der Waals surface area contributed by atoms with Gasteiger partial charge in [0.1, 0.15) is 0 Å². The summed E-state index contributed by atoms with van der Waals surface area (Å²) in [5.41, 5.74) is -0.225. The topological polar surface area (TPSA) is 69.6 Å². The monoisotopic (exact) mass is 271 g/mol. The van der Waals surface area contributed by atoms with Crippen LogP contribution < -0.4 is 5.32 Å². The largest absolute Gasteiger partial charge is 0.481 e. The fourth-order valence-electron chi connectivity index (χ4n) is 1.82. The van der Waals surface area contributed by atoms with Gasteiger partial charge in [0.05, 0.1) is 13.0 Å². The molecule has 5 heteroatoms. The number of aliphatic hydroxyl groups excluding tert-OH is 1. The van der Waals surface area contributed by atoms with Crippen molar-refractivity contribution in [2.45, 2.75) is 45.2 Å². The molecule has 1 heterocycles. The van der Waals surface area contributed by atoms with Crippen LogP contribution in [0, 0.1) is 0 Å². The first-order valence-corrected chi connectivity index (χ1v) is 7.02. The molecule has 1 aromatic rings. The van der Waals surface area contributed by atoms with E-state index in [1.165, 1.54) is 11.3 Å². The van der Waals surface area contributed by atoms with Crippen molar-refractivity contribution in [3.8, 4) is 0 Å². The molecular weight excluding hydrogens is 250 g/mol. The third kappa shape index (κ3) is 4.08. The molecule has 0 saturated heterocycles. The van der Waals surface area contributed by atoms with E-state index in [4.69, 9.17) is 5.11 Å². The number of aliphatic carboxylic acids is 1. The van der Waals surface area contributed by atoms with E-state index in [1.807, 2.05) is 12.1 Å². The first kappa shape index (κ1) is 15.1. The summed E-state index contributed by atoms with van der Waals surface area (Å²) in [6, 6.07) is 3.80. The number of thiophene rings is 1. The van der Waals surface area contributed by atoms with Crippen molar-refractivity contribution in [3.63, 3.8) is 0 Å². The van der Waals surface area contributed by atoms with Gasteiger partial charge in [0.25, 0.3) is 0 Å². The lowest BCUT2D eigenvalue weighted by Gasteiger charge is -2.30. The summed E-state index contributed by atoms with van der Waals surface area (Å²) in [5, 5.41) is 21.5. The molecule has 0 atom stereocenters. The SMILES string of the molecule is CCC(CC)(CO)NCc1ccc(CC(=O)O)s1. The second-order valence-electron chi connectivity index (χ2n) is 4.44. The summed E-state index contributed by atoms with van der Waals surface area (Å²) >= 11 is 1.51. The highest BCUT2D eigenvalue weighted by atomic mass is 32.1. The normalized spacial score (nSPS) is 11.7. The molecule has 4 nitrogen and oxygen atoms in total. The van der Waals surface area contributed by atoms with Crippen molar-refractivity contribution < 1.29 is 15.0 Å². The molecule has 102 valence electrons. The minimum Gasteiger partial charge on any atom is -0.481 e. The molecule has 0 aliphatic carbocycles. The highest BCUT2D eigenvalue weighted by molar-refractivity contribution is 7.12. The van der Waals surface area contributed by atoms with Crippen LogP contribution in [0.25, 0.3) is 0 Å². The molecule has 0 spiro atoms. The average Bonchev–Trinajstić information content (AvgIpc) is 2.78. The lowest BCUT2D eigenvalue weighted by atomic mass is 9.94. The van der Waals surface area contributed by atoms with Gasteiger partial charge in [-0.05, 0) is 25.0 Å². The van der Waals surface area contributed by atoms with Crippen LogP contribution in [0.4, 0.5) is 0 Å². The van der Waals surface area contributed by atoms with Crippen LogP contribution in [0.3, 0.4) is 0 Å². The van der Waals surface area contributed by atoms with Gasteiger partial charge in [-0.15, -0.1) is 11.3 Å². The highest BCUT2D eigenvalue weighted by Gasteiger charge is 2.24. The maximum Gasteiger partial charge on any atom is 0.308 e. The zero-order valence-corrected chi connectivity index (χ0v) is 11.7.